The molecule has 0 amide bonds. The first-order chi connectivity index (χ1) is 7.42. The van der Waals surface area contributed by atoms with Crippen molar-refractivity contribution in [2.75, 3.05) is 6.61 Å². The van der Waals surface area contributed by atoms with Crippen molar-refractivity contribution in [1.29, 1.82) is 0 Å². The van der Waals surface area contributed by atoms with Crippen LogP contribution in [-0.4, -0.2) is 12.8 Å². The fourth-order valence-electron chi connectivity index (χ4n) is 1.05. The first-order valence-corrected chi connectivity index (χ1v) is 4.54. The Morgan fingerprint density at radius 3 is 2.25 bits per heavy atom. The van der Waals surface area contributed by atoms with Crippen LogP contribution in [0.25, 0.3) is 5.57 Å². The predicted octanol–water partition coefficient (Wildman–Crippen LogP) is 3.83. The van der Waals surface area contributed by atoms with Crippen LogP contribution in [0.5, 0.6) is 5.75 Å². The molecule has 1 rings (SSSR count). The molecule has 0 bridgehead atoms. The molecular weight excluding hydrogens is 217 g/mol. The van der Waals surface area contributed by atoms with Crippen LogP contribution in [0.4, 0.5) is 13.2 Å². The summed E-state index contributed by atoms with van der Waals surface area (Å²) < 4.78 is 40.1. The van der Waals surface area contributed by atoms with Gasteiger partial charge in [0.25, 0.3) is 0 Å². The average molecular weight is 228 g/mol. The fourth-order valence-corrected chi connectivity index (χ4v) is 1.05. The molecule has 0 aromatic heterocycles. The van der Waals surface area contributed by atoms with E-state index < -0.39 is 12.8 Å². The van der Waals surface area contributed by atoms with Gasteiger partial charge in [-0.15, -0.1) is 0 Å². The molecule has 4 heteroatoms. The van der Waals surface area contributed by atoms with Gasteiger partial charge in [0.15, 0.2) is 6.61 Å². The summed E-state index contributed by atoms with van der Waals surface area (Å²) in [6.07, 6.45) is -2.74. The molecule has 1 aromatic rings. The smallest absolute Gasteiger partial charge is 0.422 e. The Hall–Kier alpha value is -1.71. The molecule has 1 nitrogen and oxygen atoms in total. The van der Waals surface area contributed by atoms with Crippen LogP contribution in [-0.2, 0) is 0 Å². The van der Waals surface area contributed by atoms with E-state index >= 15 is 0 Å². The van der Waals surface area contributed by atoms with Gasteiger partial charge in [-0.25, -0.2) is 0 Å². The molecular formula is C12H11F3O. The van der Waals surface area contributed by atoms with Gasteiger partial charge >= 0.3 is 6.18 Å². The van der Waals surface area contributed by atoms with Crippen molar-refractivity contribution in [2.24, 2.45) is 0 Å². The van der Waals surface area contributed by atoms with Crippen LogP contribution in [0.3, 0.4) is 0 Å². The number of hydrogen-bond acceptors (Lipinski definition) is 1. The lowest BCUT2D eigenvalue weighted by atomic mass is 10.1. The van der Waals surface area contributed by atoms with Gasteiger partial charge in [0, 0.05) is 0 Å². The van der Waals surface area contributed by atoms with Crippen molar-refractivity contribution < 1.29 is 17.9 Å². The number of allylic oxidation sites excluding steroid dienone is 2. The Kier molecular flexibility index (Phi) is 3.77. The number of hydrogen-bond donors (Lipinski definition) is 0. The normalized spacial score (nSPS) is 10.9. The lowest BCUT2D eigenvalue weighted by Gasteiger charge is -2.09. The molecule has 86 valence electrons. The van der Waals surface area contributed by atoms with Crippen molar-refractivity contribution in [3.63, 3.8) is 0 Å². The van der Waals surface area contributed by atoms with Gasteiger partial charge in [-0.2, -0.15) is 13.2 Å². The summed E-state index contributed by atoms with van der Waals surface area (Å²) >= 11 is 0. The molecule has 0 aliphatic heterocycles. The first kappa shape index (κ1) is 12.4. The van der Waals surface area contributed by atoms with Crippen molar-refractivity contribution in [2.45, 2.75) is 6.18 Å². The summed E-state index contributed by atoms with van der Waals surface area (Å²) in [6, 6.07) is 6.21. The van der Waals surface area contributed by atoms with E-state index in [0.29, 0.717) is 5.57 Å². The van der Waals surface area contributed by atoms with Gasteiger partial charge in [0.05, 0.1) is 0 Å². The zero-order valence-electron chi connectivity index (χ0n) is 8.55. The van der Waals surface area contributed by atoms with E-state index in [4.69, 9.17) is 0 Å². The molecule has 0 fully saturated rings. The highest BCUT2D eigenvalue weighted by Gasteiger charge is 2.28. The molecule has 0 aliphatic carbocycles. The minimum Gasteiger partial charge on any atom is -0.484 e. The van der Waals surface area contributed by atoms with Crippen molar-refractivity contribution in [3.05, 3.63) is 49.1 Å². The van der Waals surface area contributed by atoms with E-state index in [1.807, 2.05) is 0 Å². The van der Waals surface area contributed by atoms with Crippen LogP contribution in [0.15, 0.2) is 43.5 Å². The van der Waals surface area contributed by atoms with E-state index in [-0.39, 0.29) is 5.75 Å². The highest BCUT2D eigenvalue weighted by atomic mass is 19.4. The Balaban J connectivity index is 2.65. The maximum absolute atomic E-state index is 11.9. The molecule has 0 atom stereocenters. The van der Waals surface area contributed by atoms with Gasteiger partial charge in [-0.3, -0.25) is 0 Å². The Morgan fingerprint density at radius 2 is 1.81 bits per heavy atom. The zero-order chi connectivity index (χ0) is 12.2. The SMILES string of the molecule is C=CC(=C)c1ccc(OCC(F)(F)F)cc1. The standard InChI is InChI=1S/C12H11F3O/c1-3-9(2)10-4-6-11(7-5-10)16-8-12(13,14)15/h3-7H,1-2,8H2. The first-order valence-electron chi connectivity index (χ1n) is 4.54. The molecule has 16 heavy (non-hydrogen) atoms. The number of ether oxygens (including phenoxy) is 1. The summed E-state index contributed by atoms with van der Waals surface area (Å²) in [6.45, 7) is 5.98. The molecule has 0 aliphatic rings. The van der Waals surface area contributed by atoms with Crippen LogP contribution < -0.4 is 4.74 Å². The Labute approximate surface area is 91.9 Å². The maximum atomic E-state index is 11.9. The van der Waals surface area contributed by atoms with Crippen LogP contribution in [0.1, 0.15) is 5.56 Å². The maximum Gasteiger partial charge on any atom is 0.422 e. The number of halogens is 3. The van der Waals surface area contributed by atoms with Crippen LogP contribution in [0.2, 0.25) is 0 Å². The topological polar surface area (TPSA) is 9.23 Å². The van der Waals surface area contributed by atoms with Gasteiger partial charge in [0.2, 0.25) is 0 Å². The second kappa shape index (κ2) is 4.88. The quantitative estimate of drug-likeness (QED) is 0.712. The monoisotopic (exact) mass is 228 g/mol. The van der Waals surface area contributed by atoms with E-state index in [1.54, 1.807) is 18.2 Å². The largest absolute Gasteiger partial charge is 0.484 e. The van der Waals surface area contributed by atoms with Crippen LogP contribution >= 0.6 is 0 Å². The molecule has 0 spiro atoms. The third-order valence-electron chi connectivity index (χ3n) is 1.87. The van der Waals surface area contributed by atoms with E-state index in [2.05, 4.69) is 17.9 Å². The second-order valence-corrected chi connectivity index (χ2v) is 3.16. The average Bonchev–Trinajstić information content (AvgIpc) is 2.25. The predicted molar refractivity (Wildman–Crippen MR) is 57.2 cm³/mol. The van der Waals surface area contributed by atoms with Crippen molar-refractivity contribution >= 4 is 5.57 Å². The highest BCUT2D eigenvalue weighted by Crippen LogP contribution is 2.21. The number of benzene rings is 1. The van der Waals surface area contributed by atoms with Gasteiger partial charge < -0.3 is 4.74 Å². The molecule has 0 saturated carbocycles. The van der Waals surface area contributed by atoms with Crippen LogP contribution in [0, 0.1) is 0 Å². The Morgan fingerprint density at radius 1 is 1.25 bits per heavy atom. The summed E-state index contributed by atoms with van der Waals surface area (Å²) in [7, 11) is 0. The molecule has 0 saturated heterocycles. The van der Waals surface area contributed by atoms with Gasteiger partial charge in [-0.1, -0.05) is 31.4 Å². The zero-order valence-corrected chi connectivity index (χ0v) is 8.55. The summed E-state index contributed by atoms with van der Waals surface area (Å²) in [4.78, 5) is 0. The summed E-state index contributed by atoms with van der Waals surface area (Å²) in [5, 5.41) is 0. The highest BCUT2D eigenvalue weighted by molar-refractivity contribution is 5.71. The number of alkyl halides is 3. The minimum atomic E-state index is -4.32. The van der Waals surface area contributed by atoms with Crippen molar-refractivity contribution in [3.8, 4) is 5.75 Å². The van der Waals surface area contributed by atoms with E-state index in [0.717, 1.165) is 5.56 Å². The van der Waals surface area contributed by atoms with Gasteiger partial charge in [0.1, 0.15) is 5.75 Å². The molecule has 0 N–H and O–H groups in total. The van der Waals surface area contributed by atoms with Crippen molar-refractivity contribution in [1.82, 2.24) is 0 Å². The number of rotatable bonds is 4. The lowest BCUT2D eigenvalue weighted by Crippen LogP contribution is -2.19. The second-order valence-electron chi connectivity index (χ2n) is 3.16. The van der Waals surface area contributed by atoms with E-state index in [9.17, 15) is 13.2 Å². The molecule has 1 aromatic carbocycles. The molecule has 0 radical (unpaired) electrons. The third-order valence-corrected chi connectivity index (χ3v) is 1.87. The Bertz CT molecular complexity index is 376. The third kappa shape index (κ3) is 3.81. The minimum absolute atomic E-state index is 0.179. The summed E-state index contributed by atoms with van der Waals surface area (Å²) in [5.74, 6) is 0.179. The fraction of sp³-hybridized carbons (Fsp3) is 0.167. The summed E-state index contributed by atoms with van der Waals surface area (Å²) in [5.41, 5.74) is 1.51. The lowest BCUT2D eigenvalue weighted by molar-refractivity contribution is -0.153. The van der Waals surface area contributed by atoms with E-state index in [1.165, 1.54) is 12.1 Å². The molecule has 0 unspecified atom stereocenters. The van der Waals surface area contributed by atoms with Gasteiger partial charge in [-0.05, 0) is 23.3 Å². The molecule has 0 heterocycles.